The van der Waals surface area contributed by atoms with E-state index in [0.29, 0.717) is 5.69 Å². The van der Waals surface area contributed by atoms with Crippen molar-refractivity contribution in [2.24, 2.45) is 0 Å². The van der Waals surface area contributed by atoms with Crippen LogP contribution in [0.15, 0.2) is 23.2 Å². The molecule has 0 spiro atoms. The van der Waals surface area contributed by atoms with E-state index in [0.717, 1.165) is 6.07 Å². The number of nitrogens with zero attached hydrogens (tertiary/aromatic N) is 2. The third kappa shape index (κ3) is 2.69. The van der Waals surface area contributed by atoms with E-state index in [-0.39, 0.29) is 21.5 Å². The Morgan fingerprint density at radius 3 is 2.37 bits per heavy atom. The van der Waals surface area contributed by atoms with Crippen molar-refractivity contribution in [2.45, 2.75) is 11.8 Å². The number of rotatable bonds is 2. The van der Waals surface area contributed by atoms with Crippen molar-refractivity contribution < 1.29 is 18.1 Å². The highest BCUT2D eigenvalue weighted by molar-refractivity contribution is 7.86. The number of halogens is 2. The van der Waals surface area contributed by atoms with Crippen molar-refractivity contribution in [1.82, 2.24) is 9.78 Å². The standard InChI is InChI=1S/C10H8Cl2N2O4S/c1-5-9(15)4-14(13-5)8-2-7(12)10(3-6(8)11)19(16,17)18/h2-4,15H,1H3,(H,16,17,18). The Hall–Kier alpha value is -1.28. The smallest absolute Gasteiger partial charge is 0.296 e. The van der Waals surface area contributed by atoms with E-state index in [2.05, 4.69) is 5.10 Å². The highest BCUT2D eigenvalue weighted by atomic mass is 35.5. The molecule has 0 aliphatic heterocycles. The Labute approximate surface area is 118 Å². The Bertz CT molecular complexity index is 736. The van der Waals surface area contributed by atoms with E-state index in [1.807, 2.05) is 0 Å². The van der Waals surface area contributed by atoms with Gasteiger partial charge in [0.1, 0.15) is 10.6 Å². The first-order valence-corrected chi connectivity index (χ1v) is 7.12. The Balaban J connectivity index is 2.65. The van der Waals surface area contributed by atoms with Gasteiger partial charge in [-0.3, -0.25) is 4.55 Å². The van der Waals surface area contributed by atoms with Gasteiger partial charge in [-0.2, -0.15) is 13.5 Å². The summed E-state index contributed by atoms with van der Waals surface area (Å²) in [6.07, 6.45) is 1.31. The number of aromatic hydroxyl groups is 1. The van der Waals surface area contributed by atoms with Crippen molar-refractivity contribution in [3.8, 4) is 11.4 Å². The first-order valence-electron chi connectivity index (χ1n) is 4.92. The second-order valence-corrected chi connectivity index (χ2v) is 5.96. The Morgan fingerprint density at radius 2 is 1.89 bits per heavy atom. The molecule has 102 valence electrons. The summed E-state index contributed by atoms with van der Waals surface area (Å²) >= 11 is 11.7. The third-order valence-electron chi connectivity index (χ3n) is 2.40. The molecule has 6 nitrogen and oxygen atoms in total. The molecule has 0 amide bonds. The summed E-state index contributed by atoms with van der Waals surface area (Å²) < 4.78 is 32.4. The summed E-state index contributed by atoms with van der Waals surface area (Å²) in [4.78, 5) is -0.490. The number of aryl methyl sites for hydroxylation is 1. The zero-order valence-electron chi connectivity index (χ0n) is 9.50. The van der Waals surface area contributed by atoms with Crippen LogP contribution in [0.1, 0.15) is 5.69 Å². The average Bonchev–Trinajstić information content (AvgIpc) is 2.60. The molecule has 2 rings (SSSR count). The number of aromatic nitrogens is 2. The molecule has 0 atom stereocenters. The molecule has 1 aromatic heterocycles. The topological polar surface area (TPSA) is 92.4 Å². The van der Waals surface area contributed by atoms with Crippen LogP contribution >= 0.6 is 23.2 Å². The molecule has 0 saturated carbocycles. The van der Waals surface area contributed by atoms with E-state index in [9.17, 15) is 13.5 Å². The van der Waals surface area contributed by atoms with Gasteiger partial charge in [0, 0.05) is 0 Å². The minimum Gasteiger partial charge on any atom is -0.504 e. The molecule has 1 aromatic carbocycles. The van der Waals surface area contributed by atoms with E-state index in [1.54, 1.807) is 6.92 Å². The molecular formula is C10H8Cl2N2O4S. The van der Waals surface area contributed by atoms with Gasteiger partial charge in [0.05, 0.1) is 21.9 Å². The zero-order valence-corrected chi connectivity index (χ0v) is 11.8. The van der Waals surface area contributed by atoms with E-state index in [4.69, 9.17) is 27.8 Å². The monoisotopic (exact) mass is 322 g/mol. The molecule has 0 bridgehead atoms. The second-order valence-electron chi connectivity index (χ2n) is 3.75. The van der Waals surface area contributed by atoms with Gasteiger partial charge >= 0.3 is 0 Å². The average molecular weight is 323 g/mol. The fraction of sp³-hybridized carbons (Fsp3) is 0.100. The molecular weight excluding hydrogens is 315 g/mol. The maximum Gasteiger partial charge on any atom is 0.296 e. The largest absolute Gasteiger partial charge is 0.504 e. The van der Waals surface area contributed by atoms with Gasteiger partial charge in [-0.05, 0) is 19.1 Å². The lowest BCUT2D eigenvalue weighted by Gasteiger charge is -2.07. The van der Waals surface area contributed by atoms with Crippen molar-refractivity contribution >= 4 is 33.3 Å². The summed E-state index contributed by atoms with van der Waals surface area (Å²) in [5.74, 6) is -0.0361. The van der Waals surface area contributed by atoms with Crippen molar-refractivity contribution in [3.63, 3.8) is 0 Å². The molecule has 1 heterocycles. The molecule has 2 aromatic rings. The van der Waals surface area contributed by atoms with Crippen molar-refractivity contribution in [3.05, 3.63) is 34.1 Å². The van der Waals surface area contributed by atoms with Gasteiger partial charge < -0.3 is 5.11 Å². The normalized spacial score (nSPS) is 11.8. The minimum atomic E-state index is -4.45. The zero-order chi connectivity index (χ0) is 14.4. The van der Waals surface area contributed by atoms with Gasteiger partial charge in [0.25, 0.3) is 10.1 Å². The van der Waals surface area contributed by atoms with Crippen LogP contribution in [0, 0.1) is 6.92 Å². The fourth-order valence-corrected chi connectivity index (χ4v) is 2.80. The molecule has 2 N–H and O–H groups in total. The quantitative estimate of drug-likeness (QED) is 0.828. The van der Waals surface area contributed by atoms with Crippen molar-refractivity contribution in [2.75, 3.05) is 0 Å². The molecule has 0 saturated heterocycles. The lowest BCUT2D eigenvalue weighted by atomic mass is 10.3. The van der Waals surface area contributed by atoms with E-state index < -0.39 is 15.0 Å². The number of benzene rings is 1. The van der Waals surface area contributed by atoms with Crippen LogP contribution in [-0.4, -0.2) is 27.9 Å². The van der Waals surface area contributed by atoms with Gasteiger partial charge in [0.2, 0.25) is 0 Å². The van der Waals surface area contributed by atoms with E-state index >= 15 is 0 Å². The minimum absolute atomic E-state index is 0.0134. The lowest BCUT2D eigenvalue weighted by molar-refractivity contribution is 0.471. The molecule has 19 heavy (non-hydrogen) atoms. The van der Waals surface area contributed by atoms with Gasteiger partial charge in [-0.15, -0.1) is 0 Å². The molecule has 0 aliphatic carbocycles. The van der Waals surface area contributed by atoms with Crippen LogP contribution in [0.3, 0.4) is 0 Å². The Kier molecular flexibility index (Phi) is 3.48. The first kappa shape index (κ1) is 14.1. The summed E-state index contributed by atoms with van der Waals surface area (Å²) in [5.41, 5.74) is 0.661. The SMILES string of the molecule is Cc1nn(-c2cc(Cl)c(S(=O)(=O)O)cc2Cl)cc1O. The van der Waals surface area contributed by atoms with Crippen molar-refractivity contribution in [1.29, 1.82) is 0 Å². The maximum absolute atomic E-state index is 11.1. The fourth-order valence-electron chi connectivity index (χ4n) is 1.47. The summed E-state index contributed by atoms with van der Waals surface area (Å²) in [5, 5.41) is 13.3. The molecule has 0 radical (unpaired) electrons. The lowest BCUT2D eigenvalue weighted by Crippen LogP contribution is -2.02. The van der Waals surface area contributed by atoms with Crippen LogP contribution in [0.4, 0.5) is 0 Å². The summed E-state index contributed by atoms with van der Waals surface area (Å²) in [6, 6.07) is 2.25. The summed E-state index contributed by atoms with van der Waals surface area (Å²) in [7, 11) is -4.45. The highest BCUT2D eigenvalue weighted by Crippen LogP contribution is 2.31. The second kappa shape index (κ2) is 4.68. The predicted molar refractivity (Wildman–Crippen MR) is 69.8 cm³/mol. The van der Waals surface area contributed by atoms with Crippen LogP contribution < -0.4 is 0 Å². The van der Waals surface area contributed by atoms with Crippen LogP contribution in [-0.2, 0) is 10.1 Å². The first-order chi connectivity index (χ1) is 8.70. The molecule has 0 unspecified atom stereocenters. The predicted octanol–water partition coefficient (Wildman–Crippen LogP) is 2.44. The molecule has 9 heteroatoms. The van der Waals surface area contributed by atoms with Crippen LogP contribution in [0.2, 0.25) is 10.0 Å². The molecule has 0 fully saturated rings. The molecule has 0 aliphatic rings. The number of hydrogen-bond donors (Lipinski definition) is 2. The number of hydrogen-bond acceptors (Lipinski definition) is 4. The highest BCUT2D eigenvalue weighted by Gasteiger charge is 2.19. The van der Waals surface area contributed by atoms with Gasteiger partial charge in [0.15, 0.2) is 5.75 Å². The van der Waals surface area contributed by atoms with Gasteiger partial charge in [-0.25, -0.2) is 4.68 Å². The van der Waals surface area contributed by atoms with Crippen LogP contribution in [0.5, 0.6) is 5.75 Å². The summed E-state index contributed by atoms with van der Waals surface area (Å²) in [6.45, 7) is 1.59. The van der Waals surface area contributed by atoms with Crippen LogP contribution in [0.25, 0.3) is 5.69 Å². The van der Waals surface area contributed by atoms with Gasteiger partial charge in [-0.1, -0.05) is 23.2 Å². The third-order valence-corrected chi connectivity index (χ3v) is 4.02. The Morgan fingerprint density at radius 1 is 1.26 bits per heavy atom. The van der Waals surface area contributed by atoms with E-state index in [1.165, 1.54) is 16.9 Å². The maximum atomic E-state index is 11.1.